The van der Waals surface area contributed by atoms with Crippen LogP contribution in [0.1, 0.15) is 10.7 Å². The number of benzene rings is 2. The smallest absolute Gasteiger partial charge is 0.234 e. The van der Waals surface area contributed by atoms with Crippen molar-refractivity contribution in [1.82, 2.24) is 14.8 Å². The second kappa shape index (κ2) is 9.92. The molecule has 1 amide bonds. The number of thiophene rings is 1. The Morgan fingerprint density at radius 2 is 1.97 bits per heavy atom. The number of methoxy groups -OCH3 is 1. The highest BCUT2D eigenvalue weighted by molar-refractivity contribution is 7.99. The molecule has 0 aliphatic rings. The Morgan fingerprint density at radius 3 is 2.66 bits per heavy atom. The predicted molar refractivity (Wildman–Crippen MR) is 121 cm³/mol. The van der Waals surface area contributed by atoms with Gasteiger partial charge in [-0.25, -0.2) is 8.78 Å². The molecule has 0 saturated heterocycles. The molecule has 4 aromatic rings. The molecule has 10 heteroatoms. The lowest BCUT2D eigenvalue weighted by atomic mass is 10.2. The normalized spacial score (nSPS) is 10.8. The van der Waals surface area contributed by atoms with E-state index in [0.717, 1.165) is 34.3 Å². The average Bonchev–Trinajstić information content (AvgIpc) is 3.45. The number of anilines is 1. The van der Waals surface area contributed by atoms with Crippen LogP contribution in [0, 0.1) is 11.6 Å². The minimum atomic E-state index is -0.831. The summed E-state index contributed by atoms with van der Waals surface area (Å²) in [6.45, 7) is 0. The molecule has 0 spiro atoms. The Hall–Kier alpha value is -3.24. The van der Waals surface area contributed by atoms with Crippen molar-refractivity contribution in [3.05, 3.63) is 82.3 Å². The monoisotopic (exact) mass is 472 g/mol. The zero-order valence-electron chi connectivity index (χ0n) is 16.9. The van der Waals surface area contributed by atoms with E-state index in [4.69, 9.17) is 4.74 Å². The van der Waals surface area contributed by atoms with Gasteiger partial charge in [0.15, 0.2) is 5.16 Å². The van der Waals surface area contributed by atoms with Crippen LogP contribution in [-0.4, -0.2) is 33.5 Å². The first-order chi connectivity index (χ1) is 15.5. The van der Waals surface area contributed by atoms with Gasteiger partial charge in [-0.3, -0.25) is 9.36 Å². The van der Waals surface area contributed by atoms with Gasteiger partial charge in [-0.1, -0.05) is 17.8 Å². The summed E-state index contributed by atoms with van der Waals surface area (Å²) in [6.07, 6.45) is 0.588. The van der Waals surface area contributed by atoms with Crippen LogP contribution in [0.5, 0.6) is 5.75 Å². The van der Waals surface area contributed by atoms with Gasteiger partial charge in [-0.2, -0.15) is 0 Å². The number of aromatic nitrogens is 3. The van der Waals surface area contributed by atoms with Crippen molar-refractivity contribution in [3.8, 4) is 11.4 Å². The van der Waals surface area contributed by atoms with Crippen LogP contribution in [0.3, 0.4) is 0 Å². The molecular weight excluding hydrogens is 454 g/mol. The van der Waals surface area contributed by atoms with Gasteiger partial charge in [0.1, 0.15) is 23.2 Å². The molecule has 0 unspecified atom stereocenters. The number of carbonyl (C=O) groups is 1. The molecule has 2 aromatic heterocycles. The van der Waals surface area contributed by atoms with E-state index in [9.17, 15) is 13.6 Å². The highest BCUT2D eigenvalue weighted by Gasteiger charge is 2.17. The highest BCUT2D eigenvalue weighted by Crippen LogP contribution is 2.26. The van der Waals surface area contributed by atoms with Crippen molar-refractivity contribution in [3.63, 3.8) is 0 Å². The van der Waals surface area contributed by atoms with Crippen LogP contribution in [0.25, 0.3) is 5.69 Å². The summed E-state index contributed by atoms with van der Waals surface area (Å²) in [7, 11) is 1.60. The van der Waals surface area contributed by atoms with Gasteiger partial charge in [0, 0.05) is 23.1 Å². The molecule has 0 aliphatic heterocycles. The van der Waals surface area contributed by atoms with Crippen molar-refractivity contribution >= 4 is 34.7 Å². The van der Waals surface area contributed by atoms with Crippen LogP contribution in [0.4, 0.5) is 14.5 Å². The van der Waals surface area contributed by atoms with E-state index in [1.165, 1.54) is 17.8 Å². The fourth-order valence-electron chi connectivity index (χ4n) is 2.98. The summed E-state index contributed by atoms with van der Waals surface area (Å²) in [5, 5.41) is 13.6. The molecule has 2 heterocycles. The molecule has 0 atom stereocenters. The lowest BCUT2D eigenvalue weighted by Crippen LogP contribution is -2.15. The van der Waals surface area contributed by atoms with Crippen LogP contribution >= 0.6 is 23.1 Å². The number of amides is 1. The first-order valence-corrected chi connectivity index (χ1v) is 11.4. The van der Waals surface area contributed by atoms with Crippen molar-refractivity contribution in [2.45, 2.75) is 11.6 Å². The number of thioether (sulfide) groups is 1. The number of nitrogens with zero attached hydrogens (tertiary/aromatic N) is 3. The van der Waals surface area contributed by atoms with E-state index < -0.39 is 17.5 Å². The van der Waals surface area contributed by atoms with Crippen molar-refractivity contribution in [2.24, 2.45) is 0 Å². The second-order valence-corrected chi connectivity index (χ2v) is 8.62. The van der Waals surface area contributed by atoms with Gasteiger partial charge >= 0.3 is 0 Å². The molecule has 0 radical (unpaired) electrons. The van der Waals surface area contributed by atoms with Crippen LogP contribution < -0.4 is 10.1 Å². The lowest BCUT2D eigenvalue weighted by molar-refractivity contribution is -0.113. The Labute approximate surface area is 191 Å². The quantitative estimate of drug-likeness (QED) is 0.368. The Bertz CT molecular complexity index is 1210. The molecule has 4 rings (SSSR count). The Morgan fingerprint density at radius 1 is 1.16 bits per heavy atom. The van der Waals surface area contributed by atoms with E-state index in [2.05, 4.69) is 15.5 Å². The van der Waals surface area contributed by atoms with E-state index in [1.807, 2.05) is 46.3 Å². The fourth-order valence-corrected chi connectivity index (χ4v) is 4.45. The molecule has 1 N–H and O–H groups in total. The highest BCUT2D eigenvalue weighted by atomic mass is 32.2. The summed E-state index contributed by atoms with van der Waals surface area (Å²) in [6, 6.07) is 14.4. The molecule has 32 heavy (non-hydrogen) atoms. The number of rotatable bonds is 8. The van der Waals surface area contributed by atoms with Crippen LogP contribution in [0.2, 0.25) is 0 Å². The van der Waals surface area contributed by atoms with Gasteiger partial charge in [0.25, 0.3) is 0 Å². The summed E-state index contributed by atoms with van der Waals surface area (Å²) in [5.74, 6) is -0.556. The van der Waals surface area contributed by atoms with Gasteiger partial charge in [-0.05, 0) is 47.8 Å². The third-order valence-corrected chi connectivity index (χ3v) is 6.29. The number of hydrogen-bond donors (Lipinski definition) is 1. The first kappa shape index (κ1) is 22.0. The minimum Gasteiger partial charge on any atom is -0.497 e. The SMILES string of the molecule is COc1ccc(-n2c(Cc3cccs3)nnc2SCC(=O)Nc2ccc(F)cc2F)cc1. The van der Waals surface area contributed by atoms with Crippen molar-refractivity contribution in [2.75, 3.05) is 18.2 Å². The van der Waals surface area contributed by atoms with Gasteiger partial charge in [0.2, 0.25) is 5.91 Å². The molecular formula is C22H18F2N4O2S2. The standard InChI is InChI=1S/C22H18F2N4O2S2/c1-30-16-7-5-15(6-8-16)28-20(12-17-3-2-10-31-17)26-27-22(28)32-13-21(29)25-19-9-4-14(23)11-18(19)24/h2-11H,12-13H2,1H3,(H,25,29). The van der Waals surface area contributed by atoms with Crippen LogP contribution in [0.15, 0.2) is 65.1 Å². The first-order valence-electron chi connectivity index (χ1n) is 9.52. The van der Waals surface area contributed by atoms with Gasteiger partial charge in [-0.15, -0.1) is 21.5 Å². The zero-order valence-corrected chi connectivity index (χ0v) is 18.6. The number of hydrogen-bond acceptors (Lipinski definition) is 6. The van der Waals surface area contributed by atoms with Crippen molar-refractivity contribution in [1.29, 1.82) is 0 Å². The third kappa shape index (κ3) is 5.14. The topological polar surface area (TPSA) is 69.0 Å². The van der Waals surface area contributed by atoms with Gasteiger partial charge < -0.3 is 10.1 Å². The molecule has 0 saturated carbocycles. The summed E-state index contributed by atoms with van der Waals surface area (Å²) in [4.78, 5) is 13.5. The zero-order chi connectivity index (χ0) is 22.5. The molecule has 0 aliphatic carbocycles. The number of halogens is 2. The van der Waals surface area contributed by atoms with E-state index in [0.29, 0.717) is 11.6 Å². The second-order valence-electron chi connectivity index (χ2n) is 6.65. The Balaban J connectivity index is 1.54. The summed E-state index contributed by atoms with van der Waals surface area (Å²) < 4.78 is 34.0. The lowest BCUT2D eigenvalue weighted by Gasteiger charge is -2.11. The average molecular weight is 473 g/mol. The molecule has 2 aromatic carbocycles. The maximum absolute atomic E-state index is 13.8. The largest absolute Gasteiger partial charge is 0.497 e. The van der Waals surface area contributed by atoms with Gasteiger partial charge in [0.05, 0.1) is 18.6 Å². The Kier molecular flexibility index (Phi) is 6.81. The molecule has 0 fully saturated rings. The van der Waals surface area contributed by atoms with E-state index >= 15 is 0 Å². The number of carbonyl (C=O) groups excluding carboxylic acids is 1. The van der Waals surface area contributed by atoms with Crippen molar-refractivity contribution < 1.29 is 18.3 Å². The minimum absolute atomic E-state index is 0.0237. The van der Waals surface area contributed by atoms with Crippen LogP contribution in [-0.2, 0) is 11.2 Å². The summed E-state index contributed by atoms with van der Waals surface area (Å²) in [5.41, 5.74) is 0.752. The van der Waals surface area contributed by atoms with E-state index in [1.54, 1.807) is 18.4 Å². The fraction of sp³-hybridized carbons (Fsp3) is 0.136. The molecule has 6 nitrogen and oxygen atoms in total. The molecule has 164 valence electrons. The maximum Gasteiger partial charge on any atom is 0.234 e. The summed E-state index contributed by atoms with van der Waals surface area (Å²) >= 11 is 2.80. The van der Waals surface area contributed by atoms with E-state index in [-0.39, 0.29) is 11.4 Å². The predicted octanol–water partition coefficient (Wildman–Crippen LogP) is 4.94. The maximum atomic E-state index is 13.8. The molecule has 0 bridgehead atoms. The number of nitrogens with one attached hydrogen (secondary N) is 1. The third-order valence-electron chi connectivity index (χ3n) is 4.48. The number of ether oxygens (including phenoxy) is 1.